The van der Waals surface area contributed by atoms with Gasteiger partial charge < -0.3 is 10.6 Å². The topological polar surface area (TPSA) is 45.7 Å². The third-order valence-electron chi connectivity index (χ3n) is 3.38. The lowest BCUT2D eigenvalue weighted by Gasteiger charge is -2.21. The number of quaternary nitrogens is 1. The Morgan fingerprint density at radius 1 is 0.957 bits per heavy atom. The summed E-state index contributed by atoms with van der Waals surface area (Å²) in [5, 5.41) is 4.56. The summed E-state index contributed by atoms with van der Waals surface area (Å²) in [5.41, 5.74) is 2.05. The molecule has 1 atom stereocenters. The highest BCUT2D eigenvalue weighted by molar-refractivity contribution is 6.68. The molecule has 0 radical (unpaired) electrons. The lowest BCUT2D eigenvalue weighted by molar-refractivity contribution is -0.691. The maximum absolute atomic E-state index is 12.4. The van der Waals surface area contributed by atoms with Crippen LogP contribution in [0, 0.1) is 0 Å². The molecule has 0 fully saturated rings. The van der Waals surface area contributed by atoms with Gasteiger partial charge in [-0.2, -0.15) is 0 Å². The summed E-state index contributed by atoms with van der Waals surface area (Å²) >= 11 is 17.9. The molecule has 3 N–H and O–H groups in total. The molecule has 0 saturated heterocycles. The van der Waals surface area contributed by atoms with Gasteiger partial charge in [-0.15, -0.1) is 0 Å². The third kappa shape index (κ3) is 6.04. The van der Waals surface area contributed by atoms with E-state index in [0.29, 0.717) is 13.1 Å². The molecular weight excluding hydrogens is 355 g/mol. The number of carbonyl (C=O) groups excluding carboxylic acids is 1. The minimum absolute atomic E-state index is 0.301. The van der Waals surface area contributed by atoms with Crippen molar-refractivity contribution in [2.75, 3.05) is 0 Å². The quantitative estimate of drug-likeness (QED) is 0.753. The molecule has 3 nitrogen and oxygen atoms in total. The standard InChI is InChI=1S/C17H17Cl3N2O/c18-17(19,20)15(21-11-13-7-3-1-4-8-13)16(23)22-12-14-9-5-2-6-10-14/h1-10,15,21H,11-12H2,(H,22,23)/p+1/t15-/m0/s1. The summed E-state index contributed by atoms with van der Waals surface area (Å²) in [5.74, 6) is -0.301. The second-order valence-corrected chi connectivity index (χ2v) is 7.52. The van der Waals surface area contributed by atoms with Crippen LogP contribution in [0.4, 0.5) is 0 Å². The molecule has 2 rings (SSSR count). The largest absolute Gasteiger partial charge is 0.347 e. The van der Waals surface area contributed by atoms with Crippen LogP contribution < -0.4 is 10.6 Å². The first kappa shape index (κ1) is 18.1. The van der Waals surface area contributed by atoms with Crippen molar-refractivity contribution in [3.05, 3.63) is 71.8 Å². The monoisotopic (exact) mass is 371 g/mol. The van der Waals surface area contributed by atoms with Gasteiger partial charge in [0.2, 0.25) is 6.04 Å². The Morgan fingerprint density at radius 3 is 2.00 bits per heavy atom. The van der Waals surface area contributed by atoms with E-state index in [4.69, 9.17) is 34.8 Å². The second-order valence-electron chi connectivity index (χ2n) is 5.15. The van der Waals surface area contributed by atoms with Gasteiger partial charge in [0.05, 0.1) is 0 Å². The zero-order chi connectivity index (χ0) is 16.7. The number of hydrogen-bond acceptors (Lipinski definition) is 1. The van der Waals surface area contributed by atoms with E-state index in [9.17, 15) is 4.79 Å². The van der Waals surface area contributed by atoms with Crippen LogP contribution in [-0.2, 0) is 17.9 Å². The first-order chi connectivity index (χ1) is 11.0. The molecule has 0 aliphatic heterocycles. The van der Waals surface area contributed by atoms with Crippen LogP contribution in [0.3, 0.4) is 0 Å². The summed E-state index contributed by atoms with van der Waals surface area (Å²) in [7, 11) is 0. The molecule has 0 aliphatic rings. The molecule has 1 amide bonds. The van der Waals surface area contributed by atoms with Gasteiger partial charge in [0, 0.05) is 12.1 Å². The number of halogens is 3. The molecule has 0 unspecified atom stereocenters. The number of carbonyl (C=O) groups is 1. The summed E-state index contributed by atoms with van der Waals surface area (Å²) in [6, 6.07) is 18.5. The van der Waals surface area contributed by atoms with E-state index in [1.807, 2.05) is 60.7 Å². The average molecular weight is 373 g/mol. The molecule has 23 heavy (non-hydrogen) atoms. The molecule has 122 valence electrons. The average Bonchev–Trinajstić information content (AvgIpc) is 2.54. The molecule has 0 saturated carbocycles. The fourth-order valence-electron chi connectivity index (χ4n) is 2.15. The van der Waals surface area contributed by atoms with Crippen molar-refractivity contribution in [3.8, 4) is 0 Å². The summed E-state index contributed by atoms with van der Waals surface area (Å²) in [6.45, 7) is 0.953. The highest BCUT2D eigenvalue weighted by Gasteiger charge is 2.41. The molecule has 2 aromatic rings. The number of hydrogen-bond donors (Lipinski definition) is 2. The van der Waals surface area contributed by atoms with Crippen molar-refractivity contribution in [2.24, 2.45) is 0 Å². The highest BCUT2D eigenvalue weighted by Crippen LogP contribution is 2.28. The van der Waals surface area contributed by atoms with E-state index in [-0.39, 0.29) is 5.91 Å². The predicted molar refractivity (Wildman–Crippen MR) is 94.4 cm³/mol. The van der Waals surface area contributed by atoms with Crippen molar-refractivity contribution < 1.29 is 10.1 Å². The van der Waals surface area contributed by atoms with E-state index in [2.05, 4.69) is 5.32 Å². The SMILES string of the molecule is O=C(NCc1ccccc1)[C@H]([NH2+]Cc1ccccc1)C(Cl)(Cl)Cl. The maximum atomic E-state index is 12.4. The van der Waals surface area contributed by atoms with Crippen LogP contribution in [0.2, 0.25) is 0 Å². The lowest BCUT2D eigenvalue weighted by atomic mass is 10.2. The summed E-state index contributed by atoms with van der Waals surface area (Å²) in [6.07, 6.45) is 0. The van der Waals surface area contributed by atoms with Gasteiger partial charge in [-0.05, 0) is 5.56 Å². The zero-order valence-corrected chi connectivity index (χ0v) is 14.7. The minimum atomic E-state index is -1.68. The van der Waals surface area contributed by atoms with Gasteiger partial charge in [0.1, 0.15) is 6.54 Å². The fraction of sp³-hybridized carbons (Fsp3) is 0.235. The second kappa shape index (κ2) is 8.55. The van der Waals surface area contributed by atoms with Crippen LogP contribution in [0.25, 0.3) is 0 Å². The molecule has 2 aromatic carbocycles. The van der Waals surface area contributed by atoms with Gasteiger partial charge in [0.25, 0.3) is 9.70 Å². The van der Waals surface area contributed by atoms with Gasteiger partial charge in [-0.25, -0.2) is 0 Å². The first-order valence-electron chi connectivity index (χ1n) is 7.22. The Labute approximate surface area is 150 Å². The molecule has 6 heteroatoms. The van der Waals surface area contributed by atoms with Gasteiger partial charge in [-0.3, -0.25) is 4.79 Å². The van der Waals surface area contributed by atoms with Gasteiger partial charge >= 0.3 is 0 Å². The Morgan fingerprint density at radius 2 is 1.48 bits per heavy atom. The molecule has 0 spiro atoms. The van der Waals surface area contributed by atoms with Crippen LogP contribution in [0.15, 0.2) is 60.7 Å². The molecule has 0 bridgehead atoms. The van der Waals surface area contributed by atoms with E-state index in [0.717, 1.165) is 11.1 Å². The van der Waals surface area contributed by atoms with E-state index in [1.54, 1.807) is 5.32 Å². The number of nitrogens with two attached hydrogens (primary N) is 1. The van der Waals surface area contributed by atoms with Crippen LogP contribution in [0.1, 0.15) is 11.1 Å². The summed E-state index contributed by atoms with van der Waals surface area (Å²) < 4.78 is -1.68. The fourth-order valence-corrected chi connectivity index (χ4v) is 2.72. The van der Waals surface area contributed by atoms with Crippen molar-refractivity contribution >= 4 is 40.7 Å². The number of benzene rings is 2. The lowest BCUT2D eigenvalue weighted by Crippen LogP contribution is -2.94. The van der Waals surface area contributed by atoms with Crippen LogP contribution in [-0.4, -0.2) is 15.7 Å². The van der Waals surface area contributed by atoms with E-state index >= 15 is 0 Å². The smallest absolute Gasteiger partial charge is 0.283 e. The molecule has 0 aromatic heterocycles. The minimum Gasteiger partial charge on any atom is -0.347 e. The predicted octanol–water partition coefficient (Wildman–Crippen LogP) is 2.81. The molecule has 0 aliphatic carbocycles. The Bertz CT molecular complexity index is 615. The number of nitrogens with one attached hydrogen (secondary N) is 1. The third-order valence-corrected chi connectivity index (χ3v) is 4.08. The van der Waals surface area contributed by atoms with Gasteiger partial charge in [-0.1, -0.05) is 95.5 Å². The number of rotatable bonds is 6. The number of amides is 1. The van der Waals surface area contributed by atoms with Crippen LogP contribution >= 0.6 is 34.8 Å². The van der Waals surface area contributed by atoms with Crippen molar-refractivity contribution in [1.82, 2.24) is 5.32 Å². The molecular formula is C17H18Cl3N2O+. The van der Waals surface area contributed by atoms with Crippen molar-refractivity contribution in [2.45, 2.75) is 22.9 Å². The molecule has 0 heterocycles. The van der Waals surface area contributed by atoms with E-state index in [1.165, 1.54) is 0 Å². The highest BCUT2D eigenvalue weighted by atomic mass is 35.6. The Hall–Kier alpha value is -1.26. The van der Waals surface area contributed by atoms with E-state index < -0.39 is 9.83 Å². The van der Waals surface area contributed by atoms with Gasteiger partial charge in [0.15, 0.2) is 0 Å². The van der Waals surface area contributed by atoms with Crippen LogP contribution in [0.5, 0.6) is 0 Å². The maximum Gasteiger partial charge on any atom is 0.283 e. The normalized spacial score (nSPS) is 12.7. The first-order valence-corrected chi connectivity index (χ1v) is 8.36. The summed E-state index contributed by atoms with van der Waals surface area (Å²) in [4.78, 5) is 12.4. The zero-order valence-electron chi connectivity index (χ0n) is 12.4. The Balaban J connectivity index is 1.96. The van der Waals surface area contributed by atoms with Crippen molar-refractivity contribution in [1.29, 1.82) is 0 Å². The number of alkyl halides is 3. The Kier molecular flexibility index (Phi) is 6.72. The van der Waals surface area contributed by atoms with Crippen molar-refractivity contribution in [3.63, 3.8) is 0 Å².